The third kappa shape index (κ3) is 4.32. The highest BCUT2D eigenvalue weighted by Crippen LogP contribution is 2.19. The van der Waals surface area contributed by atoms with Gasteiger partial charge in [0.2, 0.25) is 5.91 Å². The smallest absolute Gasteiger partial charge is 0.335 e. The quantitative estimate of drug-likeness (QED) is 0.608. The molecule has 0 atom stereocenters. The van der Waals surface area contributed by atoms with Gasteiger partial charge >= 0.3 is 5.69 Å². The summed E-state index contributed by atoms with van der Waals surface area (Å²) in [7, 11) is 2.18. The van der Waals surface area contributed by atoms with E-state index in [1.54, 1.807) is 15.3 Å². The van der Waals surface area contributed by atoms with Gasteiger partial charge < -0.3 is 9.80 Å². The van der Waals surface area contributed by atoms with Crippen LogP contribution in [0.15, 0.2) is 47.4 Å². The van der Waals surface area contributed by atoms with E-state index >= 15 is 0 Å². The van der Waals surface area contributed by atoms with Crippen LogP contribution in [0.25, 0.3) is 16.9 Å². The minimum atomic E-state index is -0.231. The van der Waals surface area contributed by atoms with Crippen LogP contribution in [0, 0.1) is 6.92 Å². The number of benzene rings is 1. The summed E-state index contributed by atoms with van der Waals surface area (Å²) in [5, 5.41) is 0. The van der Waals surface area contributed by atoms with Crippen molar-refractivity contribution in [3.63, 3.8) is 0 Å². The van der Waals surface area contributed by atoms with Crippen LogP contribution in [-0.4, -0.2) is 87.1 Å². The molecule has 0 aliphatic carbocycles. The number of aryl methyl sites for hydroxylation is 1. The number of piperidine rings is 1. The van der Waals surface area contributed by atoms with Crippen LogP contribution < -0.4 is 5.69 Å². The summed E-state index contributed by atoms with van der Waals surface area (Å²) in [5.74, 6) is -0.00747. The van der Waals surface area contributed by atoms with Crippen LogP contribution in [-0.2, 0) is 11.3 Å². The molecule has 2 aromatic heterocycles. The first kappa shape index (κ1) is 21.9. The molecule has 3 aromatic rings. The molecule has 5 rings (SSSR count). The summed E-state index contributed by atoms with van der Waals surface area (Å²) in [4.78, 5) is 37.9. The first-order valence-electron chi connectivity index (χ1n) is 11.8. The molecule has 33 heavy (non-hydrogen) atoms. The lowest BCUT2D eigenvalue weighted by atomic mass is 10.0. The molecule has 4 heterocycles. The van der Waals surface area contributed by atoms with Gasteiger partial charge in [0.05, 0.1) is 11.2 Å². The molecule has 174 valence electrons. The lowest BCUT2D eigenvalue weighted by Crippen LogP contribution is -2.54. The van der Waals surface area contributed by atoms with Crippen LogP contribution in [0.1, 0.15) is 18.4 Å². The van der Waals surface area contributed by atoms with Gasteiger partial charge in [-0.3, -0.25) is 14.3 Å². The van der Waals surface area contributed by atoms with Crippen molar-refractivity contribution in [2.45, 2.75) is 32.4 Å². The van der Waals surface area contributed by atoms with Crippen LogP contribution in [0.5, 0.6) is 0 Å². The van der Waals surface area contributed by atoms with Crippen LogP contribution in [0.2, 0.25) is 0 Å². The van der Waals surface area contributed by atoms with E-state index in [1.807, 2.05) is 48.2 Å². The van der Waals surface area contributed by atoms with Crippen molar-refractivity contribution in [3.8, 4) is 5.69 Å². The fourth-order valence-corrected chi connectivity index (χ4v) is 5.10. The largest absolute Gasteiger partial charge is 0.339 e. The number of carbonyl (C=O) groups excluding carboxylic acids is 1. The molecular formula is C25H32N6O2. The van der Waals surface area contributed by atoms with E-state index in [4.69, 9.17) is 0 Å². The van der Waals surface area contributed by atoms with E-state index in [2.05, 4.69) is 21.8 Å². The maximum Gasteiger partial charge on any atom is 0.335 e. The molecule has 1 aromatic carbocycles. The van der Waals surface area contributed by atoms with Gasteiger partial charge in [-0.2, -0.15) is 0 Å². The lowest BCUT2D eigenvalue weighted by molar-refractivity contribution is -0.134. The molecule has 0 saturated carbocycles. The molecule has 0 radical (unpaired) electrons. The Hall–Kier alpha value is -2.97. The fourth-order valence-electron chi connectivity index (χ4n) is 5.10. The third-order valence-electron chi connectivity index (χ3n) is 7.15. The number of pyridine rings is 1. The number of amides is 1. The second-order valence-electron chi connectivity index (χ2n) is 9.34. The summed E-state index contributed by atoms with van der Waals surface area (Å²) < 4.78 is 3.16. The van der Waals surface area contributed by atoms with E-state index in [0.29, 0.717) is 17.2 Å². The molecule has 2 aliphatic heterocycles. The van der Waals surface area contributed by atoms with Crippen LogP contribution in [0.3, 0.4) is 0 Å². The van der Waals surface area contributed by atoms with E-state index in [1.165, 1.54) is 12.8 Å². The Kier molecular flexibility index (Phi) is 6.03. The molecule has 0 bridgehead atoms. The summed E-state index contributed by atoms with van der Waals surface area (Å²) in [6.07, 6.45) is 4.08. The zero-order valence-corrected chi connectivity index (χ0v) is 19.5. The molecule has 0 spiro atoms. The second kappa shape index (κ2) is 9.11. The standard InChI is InChI=1S/C25H32N6O2/c1-19-5-7-21(8-6-19)31-24-22(4-3-11-26-24)30(25(31)33)18-23(32)29-16-14-28(15-17-29)20-9-12-27(2)13-10-20/h3-8,11,20H,9-10,12-18H2,1-2H3. The number of aromatic nitrogens is 3. The molecule has 2 fully saturated rings. The number of fused-ring (bicyclic) bond motifs is 1. The van der Waals surface area contributed by atoms with Crippen LogP contribution >= 0.6 is 0 Å². The zero-order valence-electron chi connectivity index (χ0n) is 19.5. The number of carbonyl (C=O) groups is 1. The minimum Gasteiger partial charge on any atom is -0.339 e. The first-order valence-corrected chi connectivity index (χ1v) is 11.8. The van der Waals surface area contributed by atoms with Crippen molar-refractivity contribution < 1.29 is 4.79 Å². The lowest BCUT2D eigenvalue weighted by Gasteiger charge is -2.42. The van der Waals surface area contributed by atoms with E-state index < -0.39 is 0 Å². The van der Waals surface area contributed by atoms with Gasteiger partial charge in [-0.15, -0.1) is 0 Å². The second-order valence-corrected chi connectivity index (χ2v) is 9.34. The molecule has 2 saturated heterocycles. The number of nitrogens with zero attached hydrogens (tertiary/aromatic N) is 6. The normalized spacial score (nSPS) is 18.8. The SMILES string of the molecule is Cc1ccc(-n2c(=O)n(CC(=O)N3CCN(C4CCN(C)CC4)CC3)c3cccnc32)cc1. The Bertz CT molecular complexity index is 1180. The highest BCUT2D eigenvalue weighted by atomic mass is 16.2. The molecule has 8 nitrogen and oxygen atoms in total. The van der Waals surface area contributed by atoms with Gasteiger partial charge in [0.1, 0.15) is 6.54 Å². The average molecular weight is 449 g/mol. The van der Waals surface area contributed by atoms with Crippen molar-refractivity contribution in [2.75, 3.05) is 46.3 Å². The van der Waals surface area contributed by atoms with Crippen molar-refractivity contribution >= 4 is 17.1 Å². The molecule has 2 aliphatic rings. The van der Waals surface area contributed by atoms with E-state index in [9.17, 15) is 9.59 Å². The van der Waals surface area contributed by atoms with Crippen LogP contribution in [0.4, 0.5) is 0 Å². The van der Waals surface area contributed by atoms with Crippen molar-refractivity contribution in [1.29, 1.82) is 0 Å². The molecule has 1 amide bonds. The summed E-state index contributed by atoms with van der Waals surface area (Å²) in [6.45, 7) is 7.58. The molecule has 0 N–H and O–H groups in total. The fraction of sp³-hybridized carbons (Fsp3) is 0.480. The van der Waals surface area contributed by atoms with E-state index in [-0.39, 0.29) is 18.1 Å². The first-order chi connectivity index (χ1) is 16.0. The van der Waals surface area contributed by atoms with Gasteiger partial charge in [0.15, 0.2) is 5.65 Å². The Morgan fingerprint density at radius 3 is 2.39 bits per heavy atom. The molecule has 0 unspecified atom stereocenters. The highest BCUT2D eigenvalue weighted by Gasteiger charge is 2.29. The van der Waals surface area contributed by atoms with Crippen molar-refractivity contribution in [1.82, 2.24) is 28.8 Å². The number of piperazine rings is 1. The predicted octanol–water partition coefficient (Wildman–Crippen LogP) is 1.73. The third-order valence-corrected chi connectivity index (χ3v) is 7.15. The number of hydrogen-bond acceptors (Lipinski definition) is 5. The minimum absolute atomic E-state index is 0.00747. The predicted molar refractivity (Wildman–Crippen MR) is 129 cm³/mol. The number of imidazole rings is 1. The summed E-state index contributed by atoms with van der Waals surface area (Å²) in [6, 6.07) is 12.1. The summed E-state index contributed by atoms with van der Waals surface area (Å²) >= 11 is 0. The van der Waals surface area contributed by atoms with Gasteiger partial charge in [0, 0.05) is 38.4 Å². The highest BCUT2D eigenvalue weighted by molar-refractivity contribution is 5.80. The van der Waals surface area contributed by atoms with Crippen molar-refractivity contribution in [3.05, 3.63) is 58.6 Å². The Morgan fingerprint density at radius 2 is 1.70 bits per heavy atom. The summed E-state index contributed by atoms with van der Waals surface area (Å²) in [5.41, 5.74) is 2.91. The van der Waals surface area contributed by atoms with Gasteiger partial charge in [-0.05, 0) is 64.2 Å². The van der Waals surface area contributed by atoms with Gasteiger partial charge in [0.25, 0.3) is 0 Å². The molecule has 8 heteroatoms. The number of likely N-dealkylation sites (tertiary alicyclic amines) is 1. The maximum absolute atomic E-state index is 13.4. The number of rotatable bonds is 4. The topological polar surface area (TPSA) is 66.6 Å². The Labute approximate surface area is 194 Å². The average Bonchev–Trinajstić information content (AvgIpc) is 3.11. The Balaban J connectivity index is 1.33. The zero-order chi connectivity index (χ0) is 22.9. The van der Waals surface area contributed by atoms with Gasteiger partial charge in [-0.1, -0.05) is 17.7 Å². The van der Waals surface area contributed by atoms with Crippen molar-refractivity contribution in [2.24, 2.45) is 0 Å². The molecular weight excluding hydrogens is 416 g/mol. The monoisotopic (exact) mass is 448 g/mol. The number of hydrogen-bond donors (Lipinski definition) is 0. The van der Waals surface area contributed by atoms with Gasteiger partial charge in [-0.25, -0.2) is 14.3 Å². The maximum atomic E-state index is 13.4. The van der Waals surface area contributed by atoms with E-state index in [0.717, 1.165) is 50.5 Å². The Morgan fingerprint density at radius 1 is 1.00 bits per heavy atom.